The van der Waals surface area contributed by atoms with E-state index in [0.717, 1.165) is 29.0 Å². The Kier molecular flexibility index (Phi) is 6.03. The fraction of sp³-hybridized carbons (Fsp3) is 0.333. The predicted octanol–water partition coefficient (Wildman–Crippen LogP) is 2.94. The lowest BCUT2D eigenvalue weighted by atomic mass is 10.1. The second-order valence-corrected chi connectivity index (χ2v) is 6.21. The van der Waals surface area contributed by atoms with Gasteiger partial charge in [0.15, 0.2) is 11.5 Å². The van der Waals surface area contributed by atoms with Crippen molar-refractivity contribution in [1.29, 1.82) is 0 Å². The van der Waals surface area contributed by atoms with Crippen LogP contribution in [0.2, 0.25) is 0 Å². The largest absolute Gasteiger partial charge is 0.493 e. The van der Waals surface area contributed by atoms with Crippen molar-refractivity contribution in [2.45, 2.75) is 26.4 Å². The van der Waals surface area contributed by atoms with E-state index < -0.39 is 0 Å². The third-order valence-electron chi connectivity index (χ3n) is 4.63. The predicted molar refractivity (Wildman–Crippen MR) is 107 cm³/mol. The zero-order chi connectivity index (χ0) is 20.1. The van der Waals surface area contributed by atoms with E-state index in [9.17, 15) is 4.79 Å². The summed E-state index contributed by atoms with van der Waals surface area (Å²) in [6.45, 7) is 3.21. The molecule has 28 heavy (non-hydrogen) atoms. The summed E-state index contributed by atoms with van der Waals surface area (Å²) < 4.78 is 18.2. The van der Waals surface area contributed by atoms with Crippen molar-refractivity contribution in [3.05, 3.63) is 47.8 Å². The van der Waals surface area contributed by atoms with Gasteiger partial charge in [-0.15, -0.1) is 0 Å². The van der Waals surface area contributed by atoms with Crippen molar-refractivity contribution in [1.82, 2.24) is 14.9 Å². The highest BCUT2D eigenvalue weighted by Crippen LogP contribution is 2.39. The van der Waals surface area contributed by atoms with Gasteiger partial charge in [-0.1, -0.05) is 18.2 Å². The molecule has 0 radical (unpaired) electrons. The number of hydrogen-bond donors (Lipinski definition) is 1. The summed E-state index contributed by atoms with van der Waals surface area (Å²) in [7, 11) is 4.64. The molecule has 0 aliphatic rings. The van der Waals surface area contributed by atoms with Gasteiger partial charge < -0.3 is 24.1 Å². The molecule has 0 fully saturated rings. The summed E-state index contributed by atoms with van der Waals surface area (Å²) >= 11 is 0. The first kappa shape index (κ1) is 19.5. The lowest BCUT2D eigenvalue weighted by Gasteiger charge is -2.15. The van der Waals surface area contributed by atoms with Gasteiger partial charge in [0.2, 0.25) is 11.7 Å². The molecule has 0 unspecified atom stereocenters. The minimum Gasteiger partial charge on any atom is -0.493 e. The highest BCUT2D eigenvalue weighted by Gasteiger charge is 2.18. The van der Waals surface area contributed by atoms with E-state index in [1.165, 1.54) is 0 Å². The molecule has 1 heterocycles. The van der Waals surface area contributed by atoms with E-state index in [0.29, 0.717) is 23.8 Å². The highest BCUT2D eigenvalue weighted by atomic mass is 16.5. The Hall–Kier alpha value is -3.22. The zero-order valence-corrected chi connectivity index (χ0v) is 16.6. The molecular weight excluding hydrogens is 358 g/mol. The van der Waals surface area contributed by atoms with E-state index in [1.807, 2.05) is 24.3 Å². The molecule has 1 aromatic heterocycles. The summed E-state index contributed by atoms with van der Waals surface area (Å²) in [5.74, 6) is 2.23. The van der Waals surface area contributed by atoms with Crippen molar-refractivity contribution in [2.75, 3.05) is 21.3 Å². The van der Waals surface area contributed by atoms with Gasteiger partial charge in [0.1, 0.15) is 5.82 Å². The van der Waals surface area contributed by atoms with Gasteiger partial charge in [0, 0.05) is 12.1 Å². The molecular formula is C21H25N3O4. The summed E-state index contributed by atoms with van der Waals surface area (Å²) in [5.41, 5.74) is 2.72. The first-order valence-electron chi connectivity index (χ1n) is 9.11. The van der Waals surface area contributed by atoms with Crippen LogP contribution in [0.3, 0.4) is 0 Å². The van der Waals surface area contributed by atoms with E-state index in [4.69, 9.17) is 14.2 Å². The third-order valence-corrected chi connectivity index (χ3v) is 4.63. The monoisotopic (exact) mass is 383 g/mol. The van der Waals surface area contributed by atoms with Crippen LogP contribution in [-0.4, -0.2) is 36.8 Å². The second-order valence-electron chi connectivity index (χ2n) is 6.21. The lowest BCUT2D eigenvalue weighted by molar-refractivity contribution is -0.120. The fourth-order valence-electron chi connectivity index (χ4n) is 3.33. The topological polar surface area (TPSA) is 74.6 Å². The average molecular weight is 383 g/mol. The molecule has 0 atom stereocenters. The fourth-order valence-corrected chi connectivity index (χ4v) is 3.33. The van der Waals surface area contributed by atoms with E-state index in [-0.39, 0.29) is 12.3 Å². The summed E-state index contributed by atoms with van der Waals surface area (Å²) in [6, 6.07) is 11.5. The quantitative estimate of drug-likeness (QED) is 0.647. The molecule has 0 aliphatic heterocycles. The number of carbonyl (C=O) groups excluding carboxylic acids is 1. The van der Waals surface area contributed by atoms with Gasteiger partial charge in [-0.3, -0.25) is 4.79 Å². The Morgan fingerprint density at radius 2 is 1.79 bits per heavy atom. The number of nitrogens with zero attached hydrogens (tertiary/aromatic N) is 2. The number of aryl methyl sites for hydroxylation is 1. The maximum absolute atomic E-state index is 12.5. The number of rotatable bonds is 8. The van der Waals surface area contributed by atoms with Crippen molar-refractivity contribution in [3.63, 3.8) is 0 Å². The van der Waals surface area contributed by atoms with Crippen LogP contribution in [0.1, 0.15) is 18.3 Å². The number of para-hydroxylation sites is 2. The molecule has 0 aliphatic carbocycles. The summed E-state index contributed by atoms with van der Waals surface area (Å²) in [5, 5.41) is 2.95. The first-order chi connectivity index (χ1) is 13.6. The van der Waals surface area contributed by atoms with E-state index in [2.05, 4.69) is 21.8 Å². The number of nitrogens with one attached hydrogen (secondary N) is 1. The molecule has 0 bridgehead atoms. The smallest absolute Gasteiger partial charge is 0.224 e. The summed E-state index contributed by atoms with van der Waals surface area (Å²) in [6.07, 6.45) is 0.163. The van der Waals surface area contributed by atoms with Crippen LogP contribution in [-0.2, 0) is 24.3 Å². The number of fused-ring (bicyclic) bond motifs is 1. The molecule has 0 saturated heterocycles. The van der Waals surface area contributed by atoms with Crippen molar-refractivity contribution < 1.29 is 19.0 Å². The lowest BCUT2D eigenvalue weighted by Crippen LogP contribution is -2.26. The maximum Gasteiger partial charge on any atom is 0.224 e. The van der Waals surface area contributed by atoms with Crippen LogP contribution in [0.5, 0.6) is 17.2 Å². The SMILES string of the molecule is CCn1c(CNC(=O)Cc2ccc(OC)c(OC)c2OC)nc2ccccc21. The summed E-state index contributed by atoms with van der Waals surface area (Å²) in [4.78, 5) is 17.2. The number of carbonyl (C=O) groups is 1. The zero-order valence-electron chi connectivity index (χ0n) is 16.6. The maximum atomic E-state index is 12.5. The number of benzene rings is 2. The molecule has 0 saturated carbocycles. The third kappa shape index (κ3) is 3.74. The van der Waals surface area contributed by atoms with E-state index in [1.54, 1.807) is 33.5 Å². The minimum atomic E-state index is -0.125. The number of imidazole rings is 1. The number of hydrogen-bond acceptors (Lipinski definition) is 5. The molecule has 2 aromatic carbocycles. The standard InChI is InChI=1S/C21H25N3O4/c1-5-24-16-9-7-6-8-15(16)23-18(24)13-22-19(25)12-14-10-11-17(26-2)21(28-4)20(14)27-3/h6-11H,5,12-13H2,1-4H3,(H,22,25). The van der Waals surface area contributed by atoms with Crippen LogP contribution in [0.15, 0.2) is 36.4 Å². The normalized spacial score (nSPS) is 10.7. The number of amides is 1. The number of ether oxygens (including phenoxy) is 3. The Labute approximate surface area is 164 Å². The van der Waals surface area contributed by atoms with Crippen LogP contribution in [0.25, 0.3) is 11.0 Å². The van der Waals surface area contributed by atoms with Gasteiger partial charge in [-0.2, -0.15) is 0 Å². The van der Waals surface area contributed by atoms with Crippen LogP contribution < -0.4 is 19.5 Å². The van der Waals surface area contributed by atoms with Crippen LogP contribution in [0, 0.1) is 0 Å². The van der Waals surface area contributed by atoms with Crippen molar-refractivity contribution >= 4 is 16.9 Å². The molecule has 7 nitrogen and oxygen atoms in total. The molecule has 148 valence electrons. The number of methoxy groups -OCH3 is 3. The molecule has 3 rings (SSSR count). The highest BCUT2D eigenvalue weighted by molar-refractivity contribution is 5.80. The molecule has 3 aromatic rings. The van der Waals surface area contributed by atoms with Crippen molar-refractivity contribution in [3.8, 4) is 17.2 Å². The van der Waals surface area contributed by atoms with Gasteiger partial charge in [0.05, 0.1) is 45.3 Å². The Morgan fingerprint density at radius 1 is 1.04 bits per heavy atom. The Morgan fingerprint density at radius 3 is 2.46 bits per heavy atom. The average Bonchev–Trinajstić information content (AvgIpc) is 3.09. The van der Waals surface area contributed by atoms with E-state index >= 15 is 0 Å². The molecule has 0 spiro atoms. The molecule has 1 N–H and O–H groups in total. The van der Waals surface area contributed by atoms with Crippen LogP contribution >= 0.6 is 0 Å². The van der Waals surface area contributed by atoms with Gasteiger partial charge in [0.25, 0.3) is 0 Å². The number of aromatic nitrogens is 2. The van der Waals surface area contributed by atoms with Crippen molar-refractivity contribution in [2.24, 2.45) is 0 Å². The minimum absolute atomic E-state index is 0.125. The molecule has 1 amide bonds. The Bertz CT molecular complexity index is 981. The van der Waals surface area contributed by atoms with Gasteiger partial charge in [-0.25, -0.2) is 4.98 Å². The van der Waals surface area contributed by atoms with Gasteiger partial charge >= 0.3 is 0 Å². The Balaban J connectivity index is 1.75. The first-order valence-corrected chi connectivity index (χ1v) is 9.11. The van der Waals surface area contributed by atoms with Gasteiger partial charge in [-0.05, 0) is 25.1 Å². The second kappa shape index (κ2) is 8.65. The van der Waals surface area contributed by atoms with Crippen LogP contribution in [0.4, 0.5) is 0 Å². The molecule has 7 heteroatoms.